The van der Waals surface area contributed by atoms with E-state index in [9.17, 15) is 0 Å². The van der Waals surface area contributed by atoms with Gasteiger partial charge in [0.15, 0.2) is 4.67 Å². The summed E-state index contributed by atoms with van der Waals surface area (Å²) in [4.78, 5) is 0. The molecule has 1 saturated heterocycles. The Kier molecular flexibility index (Phi) is 4.17. The van der Waals surface area contributed by atoms with E-state index in [1.54, 1.807) is 0 Å². The number of rotatable bonds is 3. The first-order valence-corrected chi connectivity index (χ1v) is 7.29. The van der Waals surface area contributed by atoms with Crippen LogP contribution in [-0.2, 0) is 0 Å². The van der Waals surface area contributed by atoms with Crippen LogP contribution in [0.15, 0.2) is 21.2 Å². The molecule has 0 amide bonds. The number of halogens is 1. The molecule has 1 aliphatic rings. The Morgan fingerprint density at radius 3 is 3.07 bits per heavy atom. The molecule has 0 spiro atoms. The fraction of sp³-hybridized carbons (Fsp3) is 0.636. The maximum Gasteiger partial charge on any atom is 0.169 e. The van der Waals surface area contributed by atoms with Crippen molar-refractivity contribution in [2.24, 2.45) is 0 Å². The Balaban J connectivity index is 1.88. The highest BCUT2D eigenvalue weighted by Crippen LogP contribution is 2.23. The van der Waals surface area contributed by atoms with Gasteiger partial charge >= 0.3 is 0 Å². The second kappa shape index (κ2) is 5.41. The fourth-order valence-corrected chi connectivity index (χ4v) is 3.27. The van der Waals surface area contributed by atoms with Crippen molar-refractivity contribution in [3.63, 3.8) is 0 Å². The molecule has 2 nitrogen and oxygen atoms in total. The Hall–Kier alpha value is 0.0700. The lowest BCUT2D eigenvalue weighted by Gasteiger charge is -2.25. The van der Waals surface area contributed by atoms with Crippen LogP contribution in [0.1, 0.15) is 31.6 Å². The summed E-state index contributed by atoms with van der Waals surface area (Å²) in [5.74, 6) is 3.56. The van der Waals surface area contributed by atoms with Gasteiger partial charge in [0.25, 0.3) is 0 Å². The summed E-state index contributed by atoms with van der Waals surface area (Å²) in [6, 6.07) is 4.92. The molecule has 0 bridgehead atoms. The molecule has 2 rings (SSSR count). The third kappa shape index (κ3) is 3.26. The molecule has 0 radical (unpaired) electrons. The van der Waals surface area contributed by atoms with Crippen LogP contribution in [0.4, 0.5) is 0 Å². The van der Waals surface area contributed by atoms with Gasteiger partial charge in [-0.15, -0.1) is 0 Å². The van der Waals surface area contributed by atoms with E-state index in [-0.39, 0.29) is 0 Å². The minimum atomic E-state index is 0.306. The maximum absolute atomic E-state index is 5.53. The van der Waals surface area contributed by atoms with Crippen molar-refractivity contribution in [1.29, 1.82) is 0 Å². The number of hydrogen-bond acceptors (Lipinski definition) is 3. The van der Waals surface area contributed by atoms with E-state index in [1.807, 2.05) is 23.9 Å². The molecule has 1 N–H and O–H groups in total. The molecule has 1 aliphatic heterocycles. The molecule has 1 aromatic rings. The molecule has 2 atom stereocenters. The average molecular weight is 290 g/mol. The van der Waals surface area contributed by atoms with Crippen molar-refractivity contribution >= 4 is 27.7 Å². The summed E-state index contributed by atoms with van der Waals surface area (Å²) in [5, 5.41) is 3.61. The molecule has 1 aromatic heterocycles. The highest BCUT2D eigenvalue weighted by Gasteiger charge is 2.18. The minimum Gasteiger partial charge on any atom is -0.453 e. The van der Waals surface area contributed by atoms with E-state index in [0.29, 0.717) is 12.1 Å². The molecular weight excluding hydrogens is 274 g/mol. The van der Waals surface area contributed by atoms with Crippen molar-refractivity contribution in [2.75, 3.05) is 11.5 Å². The number of hydrogen-bond donors (Lipinski definition) is 1. The van der Waals surface area contributed by atoms with Crippen LogP contribution < -0.4 is 5.32 Å². The first kappa shape index (κ1) is 11.6. The van der Waals surface area contributed by atoms with Crippen molar-refractivity contribution in [3.05, 3.63) is 22.6 Å². The molecule has 0 aliphatic carbocycles. The van der Waals surface area contributed by atoms with E-state index < -0.39 is 0 Å². The van der Waals surface area contributed by atoms with Gasteiger partial charge in [-0.05, 0) is 53.6 Å². The zero-order chi connectivity index (χ0) is 10.7. The smallest absolute Gasteiger partial charge is 0.169 e. The molecule has 2 unspecified atom stereocenters. The topological polar surface area (TPSA) is 25.2 Å². The van der Waals surface area contributed by atoms with Crippen molar-refractivity contribution in [2.45, 2.75) is 31.8 Å². The number of furan rings is 1. The van der Waals surface area contributed by atoms with Crippen molar-refractivity contribution in [1.82, 2.24) is 5.32 Å². The molecule has 15 heavy (non-hydrogen) atoms. The number of thioether (sulfide) groups is 1. The van der Waals surface area contributed by atoms with Crippen LogP contribution in [0, 0.1) is 0 Å². The molecule has 84 valence electrons. The first-order chi connectivity index (χ1) is 7.25. The van der Waals surface area contributed by atoms with Gasteiger partial charge in [0, 0.05) is 11.8 Å². The van der Waals surface area contributed by atoms with Gasteiger partial charge in [0.2, 0.25) is 0 Å². The van der Waals surface area contributed by atoms with Crippen LogP contribution in [0.3, 0.4) is 0 Å². The van der Waals surface area contributed by atoms with Gasteiger partial charge < -0.3 is 9.73 Å². The lowest BCUT2D eigenvalue weighted by Crippen LogP contribution is -2.35. The van der Waals surface area contributed by atoms with E-state index in [2.05, 4.69) is 28.2 Å². The second-order valence-corrected chi connectivity index (χ2v) is 5.88. The zero-order valence-electron chi connectivity index (χ0n) is 8.83. The summed E-state index contributed by atoms with van der Waals surface area (Å²) >= 11 is 5.37. The monoisotopic (exact) mass is 289 g/mol. The average Bonchev–Trinajstić information content (AvgIpc) is 2.66. The Labute approximate surface area is 103 Å². The Bertz CT molecular complexity index is 309. The van der Waals surface area contributed by atoms with Crippen LogP contribution in [0.25, 0.3) is 0 Å². The molecule has 0 saturated carbocycles. The fourth-order valence-electron chi connectivity index (χ4n) is 1.87. The predicted octanol–water partition coefficient (Wildman–Crippen LogP) is 3.59. The summed E-state index contributed by atoms with van der Waals surface area (Å²) in [6.07, 6.45) is 2.62. The van der Waals surface area contributed by atoms with Gasteiger partial charge in [0.1, 0.15) is 5.76 Å². The first-order valence-electron chi connectivity index (χ1n) is 5.35. The van der Waals surface area contributed by atoms with Crippen molar-refractivity contribution in [3.8, 4) is 0 Å². The van der Waals surface area contributed by atoms with E-state index in [0.717, 1.165) is 10.4 Å². The normalized spacial score (nSPS) is 24.0. The standard InChI is InChI=1S/C11H16BrNOS/c1-8(10-4-5-11(12)14-10)13-9-3-2-6-15-7-9/h4-5,8-9,13H,2-3,6-7H2,1H3. The molecular formula is C11H16BrNOS. The van der Waals surface area contributed by atoms with E-state index in [1.165, 1.54) is 24.3 Å². The van der Waals surface area contributed by atoms with Gasteiger partial charge in [-0.3, -0.25) is 0 Å². The molecule has 4 heteroatoms. The summed E-state index contributed by atoms with van der Waals surface area (Å²) in [5.41, 5.74) is 0. The van der Waals surface area contributed by atoms with Gasteiger partial charge in [-0.1, -0.05) is 0 Å². The van der Waals surface area contributed by atoms with Gasteiger partial charge in [-0.2, -0.15) is 11.8 Å². The predicted molar refractivity (Wildman–Crippen MR) is 68.3 cm³/mol. The summed E-state index contributed by atoms with van der Waals surface area (Å²) in [7, 11) is 0. The van der Waals surface area contributed by atoms with Crippen LogP contribution in [-0.4, -0.2) is 17.5 Å². The largest absolute Gasteiger partial charge is 0.453 e. The zero-order valence-corrected chi connectivity index (χ0v) is 11.2. The van der Waals surface area contributed by atoms with Crippen LogP contribution >= 0.6 is 27.7 Å². The van der Waals surface area contributed by atoms with E-state index in [4.69, 9.17) is 4.42 Å². The van der Waals surface area contributed by atoms with Gasteiger partial charge in [-0.25, -0.2) is 0 Å². The summed E-state index contributed by atoms with van der Waals surface area (Å²) in [6.45, 7) is 2.16. The highest BCUT2D eigenvalue weighted by atomic mass is 79.9. The Morgan fingerprint density at radius 1 is 1.60 bits per heavy atom. The minimum absolute atomic E-state index is 0.306. The molecule has 1 fully saturated rings. The van der Waals surface area contributed by atoms with Crippen LogP contribution in [0.2, 0.25) is 0 Å². The quantitative estimate of drug-likeness (QED) is 0.921. The summed E-state index contributed by atoms with van der Waals surface area (Å²) < 4.78 is 6.34. The van der Waals surface area contributed by atoms with Crippen molar-refractivity contribution < 1.29 is 4.42 Å². The number of nitrogens with one attached hydrogen (secondary N) is 1. The molecule has 0 aromatic carbocycles. The van der Waals surface area contributed by atoms with E-state index >= 15 is 0 Å². The SMILES string of the molecule is CC(NC1CCCSC1)c1ccc(Br)o1. The lowest BCUT2D eigenvalue weighted by atomic mass is 10.1. The molecule has 2 heterocycles. The Morgan fingerprint density at radius 2 is 2.47 bits per heavy atom. The highest BCUT2D eigenvalue weighted by molar-refractivity contribution is 9.10. The van der Waals surface area contributed by atoms with Crippen LogP contribution in [0.5, 0.6) is 0 Å². The van der Waals surface area contributed by atoms with Gasteiger partial charge in [0.05, 0.1) is 6.04 Å². The third-order valence-electron chi connectivity index (χ3n) is 2.67. The second-order valence-electron chi connectivity index (χ2n) is 3.94. The lowest BCUT2D eigenvalue weighted by molar-refractivity contribution is 0.380. The maximum atomic E-state index is 5.53. The third-order valence-corrected chi connectivity index (χ3v) is 4.31.